The molecule has 2 rings (SSSR count). The van der Waals surface area contributed by atoms with Crippen molar-refractivity contribution in [1.29, 1.82) is 0 Å². The summed E-state index contributed by atoms with van der Waals surface area (Å²) in [5, 5.41) is 0. The van der Waals surface area contributed by atoms with Crippen LogP contribution in [0.1, 0.15) is 25.7 Å². The number of ketones is 1. The highest BCUT2D eigenvalue weighted by Crippen LogP contribution is 2.31. The molecule has 0 aromatic rings. The molecule has 0 N–H and O–H groups in total. The Morgan fingerprint density at radius 1 is 1.27 bits per heavy atom. The second kappa shape index (κ2) is 2.36. The SMILES string of the molecule is CN1CCC2=C1CCCC2=O. The fourth-order valence-corrected chi connectivity index (χ4v) is 2.00. The van der Waals surface area contributed by atoms with Crippen molar-refractivity contribution in [2.24, 2.45) is 0 Å². The largest absolute Gasteiger partial charge is 0.377 e. The summed E-state index contributed by atoms with van der Waals surface area (Å²) in [5.41, 5.74) is 2.44. The average molecular weight is 151 g/mol. The van der Waals surface area contributed by atoms with Gasteiger partial charge in [0.25, 0.3) is 0 Å². The Kier molecular flexibility index (Phi) is 1.48. The minimum Gasteiger partial charge on any atom is -0.377 e. The van der Waals surface area contributed by atoms with E-state index < -0.39 is 0 Å². The van der Waals surface area contributed by atoms with Gasteiger partial charge in [0.2, 0.25) is 0 Å². The minimum atomic E-state index is 0.399. The molecule has 2 aliphatic rings. The van der Waals surface area contributed by atoms with Crippen LogP contribution in [0, 0.1) is 0 Å². The molecule has 0 bridgehead atoms. The molecule has 2 heteroatoms. The van der Waals surface area contributed by atoms with Crippen LogP contribution in [0.3, 0.4) is 0 Å². The molecule has 0 atom stereocenters. The van der Waals surface area contributed by atoms with Gasteiger partial charge in [0.15, 0.2) is 5.78 Å². The maximum atomic E-state index is 11.3. The summed E-state index contributed by atoms with van der Waals surface area (Å²) in [5.74, 6) is 0.399. The topological polar surface area (TPSA) is 20.3 Å². The number of Topliss-reactive ketones (excluding diaryl/α,β-unsaturated/α-hetero) is 1. The highest BCUT2D eigenvalue weighted by atomic mass is 16.1. The third-order valence-electron chi connectivity index (χ3n) is 2.66. The highest BCUT2D eigenvalue weighted by Gasteiger charge is 2.27. The van der Waals surface area contributed by atoms with Crippen LogP contribution < -0.4 is 0 Å². The van der Waals surface area contributed by atoms with Crippen molar-refractivity contribution >= 4 is 5.78 Å². The number of allylic oxidation sites excluding steroid dienone is 1. The Morgan fingerprint density at radius 2 is 2.09 bits per heavy atom. The van der Waals surface area contributed by atoms with E-state index >= 15 is 0 Å². The van der Waals surface area contributed by atoms with Gasteiger partial charge < -0.3 is 4.90 Å². The maximum absolute atomic E-state index is 11.3. The van der Waals surface area contributed by atoms with E-state index in [-0.39, 0.29) is 0 Å². The first-order valence-corrected chi connectivity index (χ1v) is 4.25. The molecule has 0 aromatic carbocycles. The van der Waals surface area contributed by atoms with Gasteiger partial charge in [-0.15, -0.1) is 0 Å². The summed E-state index contributed by atoms with van der Waals surface area (Å²) in [6.07, 6.45) is 3.96. The summed E-state index contributed by atoms with van der Waals surface area (Å²) in [4.78, 5) is 13.6. The van der Waals surface area contributed by atoms with Crippen molar-refractivity contribution in [3.63, 3.8) is 0 Å². The fourth-order valence-electron chi connectivity index (χ4n) is 2.00. The molecule has 11 heavy (non-hydrogen) atoms. The van der Waals surface area contributed by atoms with Gasteiger partial charge in [-0.3, -0.25) is 4.79 Å². The van der Waals surface area contributed by atoms with E-state index in [9.17, 15) is 4.79 Å². The lowest BCUT2D eigenvalue weighted by molar-refractivity contribution is -0.116. The molecule has 0 fully saturated rings. The molecule has 0 aromatic heterocycles. The molecule has 0 amide bonds. The van der Waals surface area contributed by atoms with E-state index in [1.54, 1.807) is 0 Å². The van der Waals surface area contributed by atoms with Crippen molar-refractivity contribution in [3.05, 3.63) is 11.3 Å². The second-order valence-corrected chi connectivity index (χ2v) is 3.37. The molecule has 1 aliphatic carbocycles. The quantitative estimate of drug-likeness (QED) is 0.520. The number of carbonyl (C=O) groups is 1. The summed E-state index contributed by atoms with van der Waals surface area (Å²) in [6.45, 7) is 1.05. The van der Waals surface area contributed by atoms with Crippen LogP contribution in [-0.2, 0) is 4.79 Å². The molecule has 0 spiro atoms. The number of nitrogens with zero attached hydrogens (tertiary/aromatic N) is 1. The summed E-state index contributed by atoms with van der Waals surface area (Å²) in [6, 6.07) is 0. The molecule has 2 nitrogen and oxygen atoms in total. The van der Waals surface area contributed by atoms with Crippen molar-refractivity contribution in [2.45, 2.75) is 25.7 Å². The molecular formula is C9H13NO. The predicted octanol–water partition coefficient (Wildman–Crippen LogP) is 1.33. The van der Waals surface area contributed by atoms with Crippen LogP contribution >= 0.6 is 0 Å². The van der Waals surface area contributed by atoms with Crippen molar-refractivity contribution in [2.75, 3.05) is 13.6 Å². The first-order valence-electron chi connectivity index (χ1n) is 4.25. The van der Waals surface area contributed by atoms with Crippen LogP contribution in [0.15, 0.2) is 11.3 Å². The minimum absolute atomic E-state index is 0.399. The Labute approximate surface area is 66.9 Å². The van der Waals surface area contributed by atoms with E-state index in [4.69, 9.17) is 0 Å². The second-order valence-electron chi connectivity index (χ2n) is 3.37. The van der Waals surface area contributed by atoms with Crippen molar-refractivity contribution < 1.29 is 4.79 Å². The van der Waals surface area contributed by atoms with Crippen LogP contribution in [-0.4, -0.2) is 24.3 Å². The van der Waals surface area contributed by atoms with E-state index in [1.807, 2.05) is 0 Å². The molecule has 1 heterocycles. The first kappa shape index (κ1) is 6.89. The zero-order valence-electron chi connectivity index (χ0n) is 6.89. The van der Waals surface area contributed by atoms with Crippen LogP contribution in [0.2, 0.25) is 0 Å². The van der Waals surface area contributed by atoms with Gasteiger partial charge in [-0.2, -0.15) is 0 Å². The molecule has 0 unspecified atom stereocenters. The fraction of sp³-hybridized carbons (Fsp3) is 0.667. The van der Waals surface area contributed by atoms with Crippen LogP contribution in [0.5, 0.6) is 0 Å². The summed E-state index contributed by atoms with van der Waals surface area (Å²) >= 11 is 0. The Bertz CT molecular complexity index is 230. The van der Waals surface area contributed by atoms with E-state index in [0.29, 0.717) is 5.78 Å². The monoisotopic (exact) mass is 151 g/mol. The molecular weight excluding hydrogens is 138 g/mol. The molecule has 1 aliphatic heterocycles. The molecule has 0 saturated carbocycles. The van der Waals surface area contributed by atoms with Gasteiger partial charge in [0, 0.05) is 31.3 Å². The lowest BCUT2D eigenvalue weighted by atomic mass is 9.95. The summed E-state index contributed by atoms with van der Waals surface area (Å²) in [7, 11) is 2.08. The molecule has 60 valence electrons. The molecule has 0 saturated heterocycles. The van der Waals surface area contributed by atoms with E-state index in [2.05, 4.69) is 11.9 Å². The predicted molar refractivity (Wildman–Crippen MR) is 43.1 cm³/mol. The van der Waals surface area contributed by atoms with E-state index in [0.717, 1.165) is 37.8 Å². The Balaban J connectivity index is 2.33. The zero-order chi connectivity index (χ0) is 7.84. The Hall–Kier alpha value is -0.790. The third-order valence-corrected chi connectivity index (χ3v) is 2.66. The van der Waals surface area contributed by atoms with Gasteiger partial charge in [0.1, 0.15) is 0 Å². The van der Waals surface area contributed by atoms with Crippen LogP contribution in [0.25, 0.3) is 0 Å². The van der Waals surface area contributed by atoms with Gasteiger partial charge in [-0.25, -0.2) is 0 Å². The van der Waals surface area contributed by atoms with Gasteiger partial charge in [-0.05, 0) is 19.3 Å². The lowest BCUT2D eigenvalue weighted by Crippen LogP contribution is -2.16. The number of carbonyl (C=O) groups excluding carboxylic acids is 1. The average Bonchev–Trinajstić information content (AvgIpc) is 2.35. The smallest absolute Gasteiger partial charge is 0.160 e. The number of rotatable bonds is 0. The third kappa shape index (κ3) is 0.971. The zero-order valence-corrected chi connectivity index (χ0v) is 6.89. The molecule has 0 radical (unpaired) electrons. The van der Waals surface area contributed by atoms with Crippen molar-refractivity contribution in [3.8, 4) is 0 Å². The van der Waals surface area contributed by atoms with Crippen molar-refractivity contribution in [1.82, 2.24) is 4.90 Å². The van der Waals surface area contributed by atoms with Gasteiger partial charge in [0.05, 0.1) is 0 Å². The maximum Gasteiger partial charge on any atom is 0.160 e. The number of hydrogen-bond acceptors (Lipinski definition) is 2. The first-order chi connectivity index (χ1) is 5.29. The standard InChI is InChI=1S/C9H13NO/c1-10-6-5-7-8(10)3-2-4-9(7)11/h2-6H2,1H3. The van der Waals surface area contributed by atoms with E-state index in [1.165, 1.54) is 5.70 Å². The van der Waals surface area contributed by atoms with Gasteiger partial charge in [-0.1, -0.05) is 0 Å². The van der Waals surface area contributed by atoms with Crippen LogP contribution in [0.4, 0.5) is 0 Å². The van der Waals surface area contributed by atoms with Gasteiger partial charge >= 0.3 is 0 Å². The normalized spacial score (nSPS) is 24.5. The lowest BCUT2D eigenvalue weighted by Gasteiger charge is -2.19. The number of hydrogen-bond donors (Lipinski definition) is 0. The highest BCUT2D eigenvalue weighted by molar-refractivity contribution is 5.97. The summed E-state index contributed by atoms with van der Waals surface area (Å²) < 4.78 is 0. The Morgan fingerprint density at radius 3 is 2.82 bits per heavy atom.